The summed E-state index contributed by atoms with van der Waals surface area (Å²) >= 11 is 0. The van der Waals surface area contributed by atoms with Crippen LogP contribution in [0, 0.1) is 22.2 Å². The minimum atomic E-state index is -2.11. The fourth-order valence-electron chi connectivity index (χ4n) is 9.96. The number of Topliss-reactive ketones (excluding diaryl/α,β-unsaturated/α-hetero) is 1. The number of carbonyl (C=O) groups is 4. The standard InChI is InChI=1S/C44H57BNO12/c1-10-45-58-29-21-28-42(8,23-54-28)34-36(56-37(50)26-19-15-12-16-20-26)44(53)22-27(24(2)30(41(44,6)7)32(47)35(49)43(29,34)9)55-38(51)33(48)31(25-17-13-11-14-18-25)46-39(52)57-40(3,4)5/h11-20,27-29,31-34,36,47-48,53H,10,21-23H2,1-9H3,(H,46,52)/t27-,28+,29?,31-,32+,33+,34+,36-,42+,43+,44+/m0/s1. The molecule has 3 fully saturated rings. The molecule has 1 saturated heterocycles. The Bertz CT molecular complexity index is 1920. The summed E-state index contributed by atoms with van der Waals surface area (Å²) < 4.78 is 30.4. The molecular formula is C44H57BNO12. The van der Waals surface area contributed by atoms with Crippen LogP contribution in [-0.2, 0) is 33.2 Å². The number of alkyl carbamates (subject to hydrolysis) is 1. The molecule has 2 bridgehead atoms. The van der Waals surface area contributed by atoms with Gasteiger partial charge in [0.15, 0.2) is 11.9 Å². The minimum absolute atomic E-state index is 0.0980. The molecule has 14 heteroatoms. The highest BCUT2D eigenvalue weighted by molar-refractivity contribution is 6.27. The Kier molecular flexibility index (Phi) is 11.9. The van der Waals surface area contributed by atoms with Crippen LogP contribution in [-0.4, -0.2) is 101 Å². The van der Waals surface area contributed by atoms with Crippen molar-refractivity contribution in [2.45, 2.75) is 135 Å². The van der Waals surface area contributed by atoms with Gasteiger partial charge in [-0.25, -0.2) is 14.4 Å². The van der Waals surface area contributed by atoms with Crippen molar-refractivity contribution >= 4 is 31.3 Å². The molecule has 58 heavy (non-hydrogen) atoms. The predicted octanol–water partition coefficient (Wildman–Crippen LogP) is 5.05. The van der Waals surface area contributed by atoms with Crippen LogP contribution in [0.1, 0.15) is 97.1 Å². The Balaban J connectivity index is 1.47. The zero-order valence-corrected chi connectivity index (χ0v) is 34.8. The monoisotopic (exact) mass is 802 g/mol. The number of esters is 2. The van der Waals surface area contributed by atoms with Crippen molar-refractivity contribution in [1.82, 2.24) is 5.32 Å². The number of hydrogen-bond acceptors (Lipinski definition) is 12. The third-order valence-corrected chi connectivity index (χ3v) is 13.1. The van der Waals surface area contributed by atoms with Crippen molar-refractivity contribution in [1.29, 1.82) is 0 Å². The van der Waals surface area contributed by atoms with Gasteiger partial charge in [0, 0.05) is 23.2 Å². The smallest absolute Gasteiger partial charge is 0.408 e. The van der Waals surface area contributed by atoms with E-state index < -0.39 is 99.8 Å². The van der Waals surface area contributed by atoms with Crippen molar-refractivity contribution in [3.63, 3.8) is 0 Å². The van der Waals surface area contributed by atoms with Crippen molar-refractivity contribution in [2.24, 2.45) is 22.2 Å². The van der Waals surface area contributed by atoms with Gasteiger partial charge in [-0.1, -0.05) is 82.5 Å². The van der Waals surface area contributed by atoms with Gasteiger partial charge in [0.1, 0.15) is 29.5 Å². The van der Waals surface area contributed by atoms with E-state index in [4.69, 9.17) is 23.6 Å². The normalized spacial score (nSPS) is 33.8. The van der Waals surface area contributed by atoms with Gasteiger partial charge in [-0.05, 0) is 69.9 Å². The average Bonchev–Trinajstić information content (AvgIpc) is 3.16. The topological polar surface area (TPSA) is 187 Å². The molecule has 1 aliphatic heterocycles. The number of ketones is 1. The molecule has 1 unspecified atom stereocenters. The van der Waals surface area contributed by atoms with Gasteiger partial charge in [0.25, 0.3) is 7.48 Å². The van der Waals surface area contributed by atoms with Gasteiger partial charge in [-0.15, -0.1) is 0 Å². The lowest BCUT2D eigenvalue weighted by Gasteiger charge is -2.68. The third kappa shape index (κ3) is 7.40. The zero-order chi connectivity index (χ0) is 42.6. The molecule has 4 aliphatic rings. The lowest BCUT2D eigenvalue weighted by molar-refractivity contribution is -0.311. The molecule has 313 valence electrons. The average molecular weight is 803 g/mol. The van der Waals surface area contributed by atoms with Crippen molar-refractivity contribution in [3.05, 3.63) is 82.9 Å². The quantitative estimate of drug-likeness (QED) is 0.109. The second-order valence-electron chi connectivity index (χ2n) is 18.2. The number of benzene rings is 2. The molecule has 11 atom stereocenters. The van der Waals surface area contributed by atoms with Crippen LogP contribution in [0.3, 0.4) is 0 Å². The van der Waals surface area contributed by atoms with Crippen molar-refractivity contribution in [2.75, 3.05) is 6.61 Å². The molecular weight excluding hydrogens is 745 g/mol. The van der Waals surface area contributed by atoms with Gasteiger partial charge in [-0.3, -0.25) is 4.79 Å². The number of hydrogen-bond donors (Lipinski definition) is 4. The largest absolute Gasteiger partial charge is 0.456 e. The number of amides is 1. The summed E-state index contributed by atoms with van der Waals surface area (Å²) in [5, 5.41) is 40.1. The number of aliphatic hydroxyl groups excluding tert-OH is 2. The molecule has 2 aromatic rings. The summed E-state index contributed by atoms with van der Waals surface area (Å²) in [5.41, 5.74) is -5.82. The van der Waals surface area contributed by atoms with E-state index in [9.17, 15) is 29.7 Å². The molecule has 1 amide bonds. The number of aliphatic hydroxyl groups is 3. The summed E-state index contributed by atoms with van der Waals surface area (Å²) in [4.78, 5) is 56.5. The fourth-order valence-corrected chi connectivity index (χ4v) is 9.96. The highest BCUT2D eigenvalue weighted by atomic mass is 16.6. The fraction of sp³-hybridized carbons (Fsp3) is 0.591. The SMILES string of the molecule is CC[B]OC1C[C@H]2OC[C@@]2(C)[C@H]2[C@H](OC(=O)c3ccccc3)[C@]3(O)C[C@H](OC(=O)[C@H](O)[C@@H](NC(=O)OC(C)(C)C)c4ccccc4)C(C)=C([C@@H](O)C(=O)[C@]12C)C3(C)C. The number of ether oxygens (including phenoxy) is 4. The first kappa shape index (κ1) is 43.5. The van der Waals surface area contributed by atoms with E-state index >= 15 is 4.79 Å². The Morgan fingerprint density at radius 1 is 1.00 bits per heavy atom. The van der Waals surface area contributed by atoms with Crippen LogP contribution in [0.25, 0.3) is 0 Å². The number of rotatable bonds is 10. The molecule has 0 spiro atoms. The predicted molar refractivity (Wildman–Crippen MR) is 212 cm³/mol. The Morgan fingerprint density at radius 3 is 2.19 bits per heavy atom. The van der Waals surface area contributed by atoms with Crippen LogP contribution in [0.2, 0.25) is 6.32 Å². The summed E-state index contributed by atoms with van der Waals surface area (Å²) in [6.07, 6.45) is -8.19. The van der Waals surface area contributed by atoms with E-state index in [0.29, 0.717) is 18.3 Å². The maximum Gasteiger partial charge on any atom is 0.408 e. The van der Waals surface area contributed by atoms with E-state index in [-0.39, 0.29) is 29.7 Å². The first-order chi connectivity index (χ1) is 27.1. The summed E-state index contributed by atoms with van der Waals surface area (Å²) in [6.45, 7) is 15.7. The Morgan fingerprint density at radius 2 is 1.62 bits per heavy atom. The van der Waals surface area contributed by atoms with Gasteiger partial charge >= 0.3 is 18.0 Å². The molecule has 3 aliphatic carbocycles. The number of carbonyl (C=O) groups excluding carboxylic acids is 4. The summed E-state index contributed by atoms with van der Waals surface area (Å²) in [7, 11) is 1.60. The van der Waals surface area contributed by atoms with Crippen LogP contribution >= 0.6 is 0 Å². The van der Waals surface area contributed by atoms with Gasteiger partial charge in [-0.2, -0.15) is 0 Å². The first-order valence-electron chi connectivity index (χ1n) is 20.1. The van der Waals surface area contributed by atoms with Gasteiger partial charge < -0.3 is 44.2 Å². The van der Waals surface area contributed by atoms with Crippen LogP contribution in [0.5, 0.6) is 0 Å². The van der Waals surface area contributed by atoms with Crippen LogP contribution < -0.4 is 5.32 Å². The molecule has 13 nitrogen and oxygen atoms in total. The molecule has 2 saturated carbocycles. The highest BCUT2D eigenvalue weighted by Gasteiger charge is 2.75. The molecule has 0 aromatic heterocycles. The first-order valence-corrected chi connectivity index (χ1v) is 20.1. The van der Waals surface area contributed by atoms with Gasteiger partial charge in [0.05, 0.1) is 35.8 Å². The summed E-state index contributed by atoms with van der Waals surface area (Å²) in [6, 6.07) is 15.3. The number of nitrogens with one attached hydrogen (secondary N) is 1. The Labute approximate surface area is 341 Å². The van der Waals surface area contributed by atoms with E-state index in [1.54, 1.807) is 117 Å². The van der Waals surface area contributed by atoms with Crippen LogP contribution in [0.15, 0.2) is 71.8 Å². The van der Waals surface area contributed by atoms with E-state index in [1.165, 1.54) is 0 Å². The van der Waals surface area contributed by atoms with Crippen LogP contribution in [0.4, 0.5) is 4.79 Å². The van der Waals surface area contributed by atoms with E-state index in [2.05, 4.69) is 5.32 Å². The molecule has 4 N–H and O–H groups in total. The lowest BCUT2D eigenvalue weighted by atomic mass is 9.42. The van der Waals surface area contributed by atoms with E-state index in [0.717, 1.165) is 0 Å². The minimum Gasteiger partial charge on any atom is -0.456 e. The highest BCUT2D eigenvalue weighted by Crippen LogP contribution is 2.66. The van der Waals surface area contributed by atoms with E-state index in [1.807, 2.05) is 13.8 Å². The maximum atomic E-state index is 15.2. The van der Waals surface area contributed by atoms with Gasteiger partial charge in [0.2, 0.25) is 0 Å². The maximum absolute atomic E-state index is 15.2. The molecule has 6 rings (SSSR count). The summed E-state index contributed by atoms with van der Waals surface area (Å²) in [5.74, 6) is -3.47. The zero-order valence-electron chi connectivity index (χ0n) is 34.8. The Hall–Kier alpha value is -4.08. The molecule has 2 aromatic carbocycles. The molecule has 1 radical (unpaired) electrons. The van der Waals surface area contributed by atoms with Crippen molar-refractivity contribution < 1.29 is 58.1 Å². The lowest BCUT2D eigenvalue weighted by Crippen LogP contribution is -2.78. The second kappa shape index (κ2) is 15.8. The number of fused-ring (bicyclic) bond motifs is 5. The van der Waals surface area contributed by atoms with Crippen molar-refractivity contribution in [3.8, 4) is 0 Å². The molecule has 1 heterocycles. The third-order valence-electron chi connectivity index (χ3n) is 13.1. The second-order valence-corrected chi connectivity index (χ2v) is 18.2.